The quantitative estimate of drug-likeness (QED) is 0.341. The van der Waals surface area contributed by atoms with Crippen LogP contribution in [0.3, 0.4) is 0 Å². The van der Waals surface area contributed by atoms with Crippen LogP contribution in [0.5, 0.6) is 0 Å². The summed E-state index contributed by atoms with van der Waals surface area (Å²) in [5.74, 6) is -0.880. The molecule has 3 aromatic carbocycles. The number of benzene rings is 3. The highest BCUT2D eigenvalue weighted by atomic mass is 32.1. The fourth-order valence-corrected chi connectivity index (χ4v) is 4.88. The largest absolute Gasteiger partial charge is 0.367 e. The summed E-state index contributed by atoms with van der Waals surface area (Å²) in [5.41, 5.74) is 6.20. The molecule has 0 radical (unpaired) electrons. The molecule has 5 rings (SSSR count). The molecule has 2 amide bonds. The third-order valence-corrected chi connectivity index (χ3v) is 6.59. The lowest BCUT2D eigenvalue weighted by Gasteiger charge is -2.32. The molecule has 3 aromatic rings. The Morgan fingerprint density at radius 1 is 0.971 bits per heavy atom. The van der Waals surface area contributed by atoms with Gasteiger partial charge < -0.3 is 4.90 Å². The van der Waals surface area contributed by atoms with E-state index < -0.39 is 11.8 Å². The Bertz CT molecular complexity index is 1320. The molecule has 0 spiro atoms. The first kappa shape index (κ1) is 22.0. The number of hydrogen-bond donors (Lipinski definition) is 1. The Balaban J connectivity index is 1.45. The Morgan fingerprint density at radius 3 is 2.53 bits per heavy atom. The normalized spacial score (nSPS) is 17.1. The maximum atomic E-state index is 13.3. The maximum absolute atomic E-state index is 13.3. The van der Waals surface area contributed by atoms with E-state index in [-0.39, 0.29) is 10.7 Å². The molecule has 2 aliphatic rings. The van der Waals surface area contributed by atoms with Gasteiger partial charge in [-0.2, -0.15) is 0 Å². The molecule has 0 atom stereocenters. The van der Waals surface area contributed by atoms with E-state index in [4.69, 9.17) is 12.2 Å². The predicted octanol–water partition coefficient (Wildman–Crippen LogP) is 4.78. The highest BCUT2D eigenvalue weighted by molar-refractivity contribution is 7.80. The van der Waals surface area contributed by atoms with Crippen LogP contribution in [-0.2, 0) is 22.6 Å². The van der Waals surface area contributed by atoms with Crippen molar-refractivity contribution in [2.45, 2.75) is 26.3 Å². The van der Waals surface area contributed by atoms with Crippen molar-refractivity contribution in [2.75, 3.05) is 16.3 Å². The average molecular weight is 468 g/mol. The van der Waals surface area contributed by atoms with Crippen molar-refractivity contribution in [1.82, 2.24) is 5.32 Å². The van der Waals surface area contributed by atoms with Gasteiger partial charge in [0.15, 0.2) is 5.11 Å². The van der Waals surface area contributed by atoms with Crippen molar-refractivity contribution in [3.63, 3.8) is 0 Å². The van der Waals surface area contributed by atoms with Crippen LogP contribution in [0.4, 0.5) is 11.4 Å². The molecule has 1 fully saturated rings. The summed E-state index contributed by atoms with van der Waals surface area (Å²) in [6, 6.07) is 24.1. The van der Waals surface area contributed by atoms with E-state index in [1.165, 1.54) is 21.7 Å². The van der Waals surface area contributed by atoms with Crippen molar-refractivity contribution >= 4 is 46.6 Å². The Morgan fingerprint density at radius 2 is 1.74 bits per heavy atom. The number of nitrogens with zero attached hydrogens (tertiary/aromatic N) is 2. The molecule has 2 aliphatic heterocycles. The van der Waals surface area contributed by atoms with Gasteiger partial charge in [-0.15, -0.1) is 0 Å². The molecule has 2 heterocycles. The van der Waals surface area contributed by atoms with Gasteiger partial charge in [0.1, 0.15) is 5.57 Å². The van der Waals surface area contributed by atoms with Gasteiger partial charge in [0.05, 0.1) is 5.69 Å². The van der Waals surface area contributed by atoms with Gasteiger partial charge >= 0.3 is 0 Å². The molecule has 0 aromatic heterocycles. The second-order valence-corrected chi connectivity index (χ2v) is 9.03. The van der Waals surface area contributed by atoms with E-state index in [1.807, 2.05) is 43.3 Å². The molecule has 170 valence electrons. The third kappa shape index (κ3) is 4.24. The van der Waals surface area contributed by atoms with Crippen LogP contribution in [-0.4, -0.2) is 23.5 Å². The zero-order valence-electron chi connectivity index (χ0n) is 19.0. The second-order valence-electron chi connectivity index (χ2n) is 8.64. The topological polar surface area (TPSA) is 52.7 Å². The van der Waals surface area contributed by atoms with Crippen molar-refractivity contribution in [2.24, 2.45) is 0 Å². The van der Waals surface area contributed by atoms with Crippen molar-refractivity contribution < 1.29 is 9.59 Å². The molecule has 34 heavy (non-hydrogen) atoms. The summed E-state index contributed by atoms with van der Waals surface area (Å²) >= 11 is 5.33. The molecule has 0 unspecified atom stereocenters. The first-order valence-corrected chi connectivity index (χ1v) is 11.8. The Kier molecular flexibility index (Phi) is 5.99. The van der Waals surface area contributed by atoms with Gasteiger partial charge in [-0.25, -0.2) is 0 Å². The van der Waals surface area contributed by atoms with Crippen molar-refractivity contribution in [3.8, 4) is 0 Å². The van der Waals surface area contributed by atoms with Gasteiger partial charge in [-0.1, -0.05) is 54.6 Å². The molecular weight excluding hydrogens is 442 g/mol. The summed E-state index contributed by atoms with van der Waals surface area (Å²) in [4.78, 5) is 29.8. The number of thiocarbonyl (C=S) groups is 1. The summed E-state index contributed by atoms with van der Waals surface area (Å²) in [5, 5.41) is 2.77. The summed E-state index contributed by atoms with van der Waals surface area (Å²) in [6.45, 7) is 3.78. The smallest absolute Gasteiger partial charge is 0.270 e. The van der Waals surface area contributed by atoms with Gasteiger partial charge in [0.2, 0.25) is 0 Å². The molecule has 0 saturated carbocycles. The molecule has 0 bridgehead atoms. The fraction of sp³-hybridized carbons (Fsp3) is 0.179. The van der Waals surface area contributed by atoms with Crippen LogP contribution < -0.4 is 15.1 Å². The van der Waals surface area contributed by atoms with E-state index in [1.54, 1.807) is 6.08 Å². The monoisotopic (exact) mass is 467 g/mol. The zero-order chi connectivity index (χ0) is 23.7. The number of carbonyl (C=O) groups excluding carboxylic acids is 2. The van der Waals surface area contributed by atoms with Crippen LogP contribution >= 0.6 is 12.2 Å². The number of hydrogen-bond acceptors (Lipinski definition) is 4. The van der Waals surface area contributed by atoms with E-state index in [2.05, 4.69) is 46.6 Å². The van der Waals surface area contributed by atoms with Crippen molar-refractivity contribution in [1.29, 1.82) is 0 Å². The molecular formula is C28H25N3O2S. The lowest BCUT2D eigenvalue weighted by atomic mass is 9.97. The molecule has 5 nitrogen and oxygen atoms in total. The summed E-state index contributed by atoms with van der Waals surface area (Å²) in [7, 11) is 0. The second kappa shape index (κ2) is 9.23. The van der Waals surface area contributed by atoms with Gasteiger partial charge in [0, 0.05) is 18.8 Å². The van der Waals surface area contributed by atoms with Crippen LogP contribution in [0.2, 0.25) is 0 Å². The van der Waals surface area contributed by atoms with E-state index in [0.717, 1.165) is 37.1 Å². The number of anilines is 2. The predicted molar refractivity (Wildman–Crippen MR) is 140 cm³/mol. The first-order chi connectivity index (χ1) is 16.5. The minimum absolute atomic E-state index is 0.0776. The maximum Gasteiger partial charge on any atom is 0.270 e. The number of fused-ring (bicyclic) bond motifs is 1. The number of rotatable bonds is 4. The molecule has 0 aliphatic carbocycles. The van der Waals surface area contributed by atoms with Crippen LogP contribution in [0.1, 0.15) is 28.7 Å². The number of carbonyl (C=O) groups is 2. The molecule has 1 saturated heterocycles. The van der Waals surface area contributed by atoms with Crippen LogP contribution in [0.25, 0.3) is 6.08 Å². The Hall–Kier alpha value is -3.77. The number of amides is 2. The number of aryl methyl sites for hydroxylation is 2. The number of nitrogens with one attached hydrogen (secondary N) is 1. The van der Waals surface area contributed by atoms with E-state index in [0.29, 0.717) is 5.69 Å². The standard InChI is InChI=1S/C28H25N3O2S/c1-19-8-5-6-12-24(19)31-27(33)23(26(32)29-28(31)34)17-21-13-14-25-22(16-21)11-7-15-30(25)18-20-9-3-2-4-10-20/h2-6,8-10,12-14,16-17H,7,11,15,18H2,1H3,(H,29,32,34). The van der Waals surface area contributed by atoms with Crippen LogP contribution in [0, 0.1) is 6.92 Å². The zero-order valence-corrected chi connectivity index (χ0v) is 19.8. The number of para-hydroxylation sites is 1. The summed E-state index contributed by atoms with van der Waals surface area (Å²) in [6.07, 6.45) is 3.70. The third-order valence-electron chi connectivity index (χ3n) is 6.30. The minimum atomic E-state index is -0.469. The van der Waals surface area contributed by atoms with E-state index in [9.17, 15) is 9.59 Å². The van der Waals surface area contributed by atoms with E-state index >= 15 is 0 Å². The van der Waals surface area contributed by atoms with Gasteiger partial charge in [0.25, 0.3) is 11.8 Å². The van der Waals surface area contributed by atoms with Crippen molar-refractivity contribution in [3.05, 3.63) is 101 Å². The average Bonchev–Trinajstić information content (AvgIpc) is 2.83. The molecule has 1 N–H and O–H groups in total. The van der Waals surface area contributed by atoms with Gasteiger partial charge in [-0.05, 0) is 78.5 Å². The molecule has 6 heteroatoms. The first-order valence-electron chi connectivity index (χ1n) is 11.4. The SMILES string of the molecule is Cc1ccccc1N1C(=O)C(=Cc2ccc3c(c2)CCCN3Cc2ccccc2)C(=O)NC1=S. The van der Waals surface area contributed by atoms with Crippen LogP contribution in [0.15, 0.2) is 78.4 Å². The Labute approximate surface area is 204 Å². The highest BCUT2D eigenvalue weighted by Gasteiger charge is 2.35. The lowest BCUT2D eigenvalue weighted by Crippen LogP contribution is -2.54. The highest BCUT2D eigenvalue weighted by Crippen LogP contribution is 2.31. The summed E-state index contributed by atoms with van der Waals surface area (Å²) < 4.78 is 0. The minimum Gasteiger partial charge on any atom is -0.367 e. The lowest BCUT2D eigenvalue weighted by molar-refractivity contribution is -0.122. The fourth-order valence-electron chi connectivity index (χ4n) is 4.61. The van der Waals surface area contributed by atoms with Gasteiger partial charge in [-0.3, -0.25) is 19.8 Å².